The first-order valence-electron chi connectivity index (χ1n) is 5.89. The Morgan fingerprint density at radius 3 is 2.61 bits per heavy atom. The molecule has 1 aromatic carbocycles. The zero-order valence-corrected chi connectivity index (χ0v) is 11.8. The first-order chi connectivity index (χ1) is 8.47. The molecule has 100 valence electrons. The van der Waals surface area contributed by atoms with Crippen LogP contribution in [0.2, 0.25) is 5.02 Å². The van der Waals surface area contributed by atoms with Crippen molar-refractivity contribution in [3.63, 3.8) is 0 Å². The van der Waals surface area contributed by atoms with E-state index in [1.807, 2.05) is 19.9 Å². The van der Waals surface area contributed by atoms with Gasteiger partial charge >= 0.3 is 0 Å². The molecule has 0 heterocycles. The quantitative estimate of drug-likeness (QED) is 0.807. The number of hydrogen-bond donors (Lipinski definition) is 1. The second-order valence-corrected chi connectivity index (χ2v) is 4.77. The second-order valence-electron chi connectivity index (χ2n) is 4.34. The topological polar surface area (TPSA) is 44.5 Å². The largest absolute Gasteiger partial charge is 0.493 e. The van der Waals surface area contributed by atoms with Crippen LogP contribution in [0, 0.1) is 0 Å². The van der Waals surface area contributed by atoms with Crippen molar-refractivity contribution in [1.82, 2.24) is 0 Å². The van der Waals surface area contributed by atoms with Crippen molar-refractivity contribution in [3.05, 3.63) is 35.4 Å². The Kier molecular flexibility index (Phi) is 5.51. The Bertz CT molecular complexity index is 419. The van der Waals surface area contributed by atoms with Crippen LogP contribution in [-0.2, 0) is 6.42 Å². The van der Waals surface area contributed by atoms with Crippen LogP contribution in [0.4, 0.5) is 0 Å². The van der Waals surface area contributed by atoms with Crippen molar-refractivity contribution in [3.8, 4) is 11.5 Å². The van der Waals surface area contributed by atoms with Gasteiger partial charge in [-0.05, 0) is 26.3 Å². The molecule has 4 heteroatoms. The Morgan fingerprint density at radius 2 is 2.11 bits per heavy atom. The molecule has 1 aromatic rings. The van der Waals surface area contributed by atoms with E-state index in [0.717, 1.165) is 5.56 Å². The van der Waals surface area contributed by atoms with Crippen molar-refractivity contribution in [2.45, 2.75) is 32.4 Å². The van der Waals surface area contributed by atoms with Gasteiger partial charge < -0.3 is 15.2 Å². The lowest BCUT2D eigenvalue weighted by atomic mass is 10.1. The molecule has 18 heavy (non-hydrogen) atoms. The average molecular weight is 270 g/mol. The van der Waals surface area contributed by atoms with Gasteiger partial charge in [-0.15, -0.1) is 0 Å². The van der Waals surface area contributed by atoms with Gasteiger partial charge in [-0.2, -0.15) is 0 Å². The van der Waals surface area contributed by atoms with E-state index in [1.165, 1.54) is 0 Å². The van der Waals surface area contributed by atoms with Crippen LogP contribution < -0.4 is 15.2 Å². The van der Waals surface area contributed by atoms with E-state index < -0.39 is 0 Å². The van der Waals surface area contributed by atoms with Crippen LogP contribution in [0.25, 0.3) is 0 Å². The monoisotopic (exact) mass is 269 g/mol. The van der Waals surface area contributed by atoms with E-state index >= 15 is 0 Å². The Hall–Kier alpha value is -1.19. The third-order valence-electron chi connectivity index (χ3n) is 2.49. The summed E-state index contributed by atoms with van der Waals surface area (Å²) in [6, 6.07) is 3.62. The molecule has 0 saturated heterocycles. The van der Waals surface area contributed by atoms with Gasteiger partial charge in [-0.3, -0.25) is 0 Å². The fourth-order valence-electron chi connectivity index (χ4n) is 1.64. The fourth-order valence-corrected chi connectivity index (χ4v) is 1.87. The predicted octanol–water partition coefficient (Wildman–Crippen LogP) is 3.19. The SMILES string of the molecule is C=CC(C)Oc1c(CC(C)N)cc(Cl)cc1OC. The molecule has 2 unspecified atom stereocenters. The van der Waals surface area contributed by atoms with Gasteiger partial charge in [0.05, 0.1) is 7.11 Å². The molecule has 0 aliphatic carbocycles. The maximum atomic E-state index is 6.06. The summed E-state index contributed by atoms with van der Waals surface area (Å²) in [6.07, 6.45) is 2.30. The Balaban J connectivity index is 3.18. The van der Waals surface area contributed by atoms with E-state index in [1.54, 1.807) is 19.3 Å². The molecular weight excluding hydrogens is 250 g/mol. The number of methoxy groups -OCH3 is 1. The summed E-state index contributed by atoms with van der Waals surface area (Å²) >= 11 is 6.06. The summed E-state index contributed by atoms with van der Waals surface area (Å²) in [4.78, 5) is 0. The van der Waals surface area contributed by atoms with Gasteiger partial charge in [0, 0.05) is 22.7 Å². The highest BCUT2D eigenvalue weighted by molar-refractivity contribution is 6.30. The van der Waals surface area contributed by atoms with Crippen molar-refractivity contribution in [2.24, 2.45) is 5.73 Å². The molecule has 0 bridgehead atoms. The number of rotatable bonds is 6. The van der Waals surface area contributed by atoms with Gasteiger partial charge in [0.1, 0.15) is 6.10 Å². The number of benzene rings is 1. The van der Waals surface area contributed by atoms with Gasteiger partial charge in [0.2, 0.25) is 0 Å². The summed E-state index contributed by atoms with van der Waals surface area (Å²) < 4.78 is 11.1. The normalized spacial score (nSPS) is 13.8. The number of ether oxygens (including phenoxy) is 2. The summed E-state index contributed by atoms with van der Waals surface area (Å²) in [6.45, 7) is 7.56. The number of nitrogens with two attached hydrogens (primary N) is 1. The first-order valence-corrected chi connectivity index (χ1v) is 6.27. The summed E-state index contributed by atoms with van der Waals surface area (Å²) in [5.41, 5.74) is 6.79. The van der Waals surface area contributed by atoms with Crippen LogP contribution in [-0.4, -0.2) is 19.3 Å². The van der Waals surface area contributed by atoms with Crippen LogP contribution in [0.1, 0.15) is 19.4 Å². The molecule has 1 rings (SSSR count). The maximum absolute atomic E-state index is 6.06. The minimum absolute atomic E-state index is 0.0227. The van der Waals surface area contributed by atoms with E-state index in [9.17, 15) is 0 Å². The highest BCUT2D eigenvalue weighted by Crippen LogP contribution is 2.36. The molecule has 0 fully saturated rings. The first kappa shape index (κ1) is 14.9. The lowest BCUT2D eigenvalue weighted by Gasteiger charge is -2.19. The Morgan fingerprint density at radius 1 is 1.44 bits per heavy atom. The van der Waals surface area contributed by atoms with E-state index in [2.05, 4.69) is 6.58 Å². The van der Waals surface area contributed by atoms with Crippen LogP contribution in [0.5, 0.6) is 11.5 Å². The third kappa shape index (κ3) is 3.93. The van der Waals surface area contributed by atoms with E-state index in [0.29, 0.717) is 22.9 Å². The standard InChI is InChI=1S/C14H20ClNO2/c1-5-10(3)18-14-11(6-9(2)16)7-12(15)8-13(14)17-4/h5,7-10H,1,6,16H2,2-4H3. The van der Waals surface area contributed by atoms with Crippen molar-refractivity contribution >= 4 is 11.6 Å². The molecule has 0 aliphatic rings. The molecule has 0 spiro atoms. The van der Waals surface area contributed by atoms with Crippen molar-refractivity contribution in [1.29, 1.82) is 0 Å². The maximum Gasteiger partial charge on any atom is 0.165 e. The van der Waals surface area contributed by atoms with Gasteiger partial charge in [-0.25, -0.2) is 0 Å². The highest BCUT2D eigenvalue weighted by atomic mass is 35.5. The predicted molar refractivity (Wildman–Crippen MR) is 75.6 cm³/mol. The van der Waals surface area contributed by atoms with E-state index in [-0.39, 0.29) is 12.1 Å². The van der Waals surface area contributed by atoms with Gasteiger partial charge in [-0.1, -0.05) is 24.3 Å². The molecular formula is C14H20ClNO2. The van der Waals surface area contributed by atoms with Crippen molar-refractivity contribution in [2.75, 3.05) is 7.11 Å². The molecule has 3 nitrogen and oxygen atoms in total. The summed E-state index contributed by atoms with van der Waals surface area (Å²) in [5.74, 6) is 1.30. The van der Waals surface area contributed by atoms with Crippen LogP contribution >= 0.6 is 11.6 Å². The van der Waals surface area contributed by atoms with Crippen molar-refractivity contribution < 1.29 is 9.47 Å². The minimum atomic E-state index is -0.105. The van der Waals surface area contributed by atoms with Gasteiger partial charge in [0.25, 0.3) is 0 Å². The lowest BCUT2D eigenvalue weighted by Crippen LogP contribution is -2.19. The summed E-state index contributed by atoms with van der Waals surface area (Å²) in [5, 5.41) is 0.612. The number of halogens is 1. The smallest absolute Gasteiger partial charge is 0.165 e. The molecule has 0 aromatic heterocycles. The van der Waals surface area contributed by atoms with Crippen LogP contribution in [0.15, 0.2) is 24.8 Å². The molecule has 2 N–H and O–H groups in total. The second kappa shape index (κ2) is 6.66. The lowest BCUT2D eigenvalue weighted by molar-refractivity contribution is 0.251. The van der Waals surface area contributed by atoms with E-state index in [4.69, 9.17) is 26.8 Å². The molecule has 0 saturated carbocycles. The zero-order valence-electron chi connectivity index (χ0n) is 11.1. The molecule has 0 radical (unpaired) electrons. The number of hydrogen-bond acceptors (Lipinski definition) is 3. The molecule has 0 amide bonds. The molecule has 0 aliphatic heterocycles. The summed E-state index contributed by atoms with van der Waals surface area (Å²) in [7, 11) is 1.59. The van der Waals surface area contributed by atoms with Crippen LogP contribution in [0.3, 0.4) is 0 Å². The zero-order chi connectivity index (χ0) is 13.7. The minimum Gasteiger partial charge on any atom is -0.493 e. The fraction of sp³-hybridized carbons (Fsp3) is 0.429. The highest BCUT2D eigenvalue weighted by Gasteiger charge is 2.15. The molecule has 2 atom stereocenters. The van der Waals surface area contributed by atoms with Gasteiger partial charge in [0.15, 0.2) is 11.5 Å². The average Bonchev–Trinajstić information content (AvgIpc) is 2.30. The Labute approximate surface area is 114 Å². The third-order valence-corrected chi connectivity index (χ3v) is 2.71.